The van der Waals surface area contributed by atoms with Crippen LogP contribution in [0.3, 0.4) is 0 Å². The fourth-order valence-corrected chi connectivity index (χ4v) is 9.66. The van der Waals surface area contributed by atoms with Crippen LogP contribution in [0.25, 0.3) is 10.8 Å². The third-order valence-electron chi connectivity index (χ3n) is 8.97. The Morgan fingerprint density at radius 3 is 2.00 bits per heavy atom. The Hall–Kier alpha value is -3.02. The third kappa shape index (κ3) is 5.42. The zero-order chi connectivity index (χ0) is 29.7. The monoisotopic (exact) mass is 594 g/mol. The summed E-state index contributed by atoms with van der Waals surface area (Å²) in [6.45, 7) is 11.1. The number of ether oxygens (including phenoxy) is 1. The van der Waals surface area contributed by atoms with Crippen molar-refractivity contribution in [1.29, 1.82) is 0 Å². The number of benzene rings is 4. The van der Waals surface area contributed by atoms with Crippen molar-refractivity contribution in [2.75, 3.05) is 11.5 Å². The minimum Gasteiger partial charge on any atom is -0.423 e. The van der Waals surface area contributed by atoms with E-state index in [4.69, 9.17) is 4.74 Å². The number of carbonyl (C=O) groups is 2. The first-order chi connectivity index (χ1) is 20.0. The predicted molar refractivity (Wildman–Crippen MR) is 177 cm³/mol. The molecule has 6 rings (SSSR count). The van der Waals surface area contributed by atoms with Crippen LogP contribution in [0, 0.1) is 0 Å². The smallest absolute Gasteiger partial charge is 0.343 e. The van der Waals surface area contributed by atoms with Gasteiger partial charge >= 0.3 is 5.97 Å². The van der Waals surface area contributed by atoms with Gasteiger partial charge in [0.2, 0.25) is 0 Å². The highest BCUT2D eigenvalue weighted by molar-refractivity contribution is 8.20. The Balaban J connectivity index is 1.30. The minimum absolute atomic E-state index is 0.103. The number of hydrogen-bond donors (Lipinski definition) is 0. The molecule has 1 heterocycles. The van der Waals surface area contributed by atoms with E-state index in [1.807, 2.05) is 53.9 Å². The van der Waals surface area contributed by atoms with Gasteiger partial charge in [0, 0.05) is 17.9 Å². The summed E-state index contributed by atoms with van der Waals surface area (Å²) in [7, 11) is 0. The second-order valence-corrected chi connectivity index (χ2v) is 15.9. The number of rotatable bonds is 6. The van der Waals surface area contributed by atoms with Crippen molar-refractivity contribution in [3.63, 3.8) is 0 Å². The van der Waals surface area contributed by atoms with Crippen LogP contribution in [0.1, 0.15) is 85.6 Å². The van der Waals surface area contributed by atoms with Crippen LogP contribution in [0.2, 0.25) is 0 Å². The number of hydrogen-bond acceptors (Lipinski definition) is 5. The lowest BCUT2D eigenvalue weighted by molar-refractivity contribution is -0.116. The van der Waals surface area contributed by atoms with E-state index in [1.165, 1.54) is 35.1 Å². The number of fused-ring (bicyclic) bond motifs is 2. The molecule has 1 aliphatic heterocycles. The quantitative estimate of drug-likeness (QED) is 0.164. The Morgan fingerprint density at radius 1 is 0.714 bits per heavy atom. The van der Waals surface area contributed by atoms with Crippen LogP contribution in [-0.2, 0) is 26.1 Å². The van der Waals surface area contributed by atoms with Gasteiger partial charge in [0.1, 0.15) is 15.6 Å². The molecule has 0 spiro atoms. The van der Waals surface area contributed by atoms with Gasteiger partial charge < -0.3 is 4.74 Å². The van der Waals surface area contributed by atoms with E-state index in [-0.39, 0.29) is 20.7 Å². The minimum atomic E-state index is -0.390. The van der Waals surface area contributed by atoms with Gasteiger partial charge in [0.15, 0.2) is 0 Å². The largest absolute Gasteiger partial charge is 0.423 e. The summed E-state index contributed by atoms with van der Waals surface area (Å²) in [4.78, 5) is 24.3. The van der Waals surface area contributed by atoms with Crippen molar-refractivity contribution in [3.8, 4) is 5.75 Å². The normalized spacial score (nSPS) is 18.4. The van der Waals surface area contributed by atoms with Gasteiger partial charge in [0.05, 0.1) is 5.56 Å². The van der Waals surface area contributed by atoms with E-state index < -0.39 is 5.97 Å². The van der Waals surface area contributed by atoms with Crippen LogP contribution in [-0.4, -0.2) is 23.3 Å². The molecule has 2 aliphatic rings. The van der Waals surface area contributed by atoms with Crippen LogP contribution in [0.4, 0.5) is 0 Å². The molecule has 4 aromatic carbocycles. The molecule has 1 aliphatic carbocycles. The van der Waals surface area contributed by atoms with Gasteiger partial charge in [-0.3, -0.25) is 4.79 Å². The predicted octanol–water partition coefficient (Wildman–Crippen LogP) is 9.22. The Kier molecular flexibility index (Phi) is 7.55. The van der Waals surface area contributed by atoms with Gasteiger partial charge in [-0.2, -0.15) is 0 Å². The Morgan fingerprint density at radius 2 is 1.31 bits per heavy atom. The first kappa shape index (κ1) is 29.1. The first-order valence-corrected chi connectivity index (χ1v) is 16.7. The van der Waals surface area contributed by atoms with E-state index in [9.17, 15) is 9.59 Å². The number of Topliss-reactive ketones (excluding diaryl/α,β-unsaturated/α-hetero) is 1. The van der Waals surface area contributed by atoms with Crippen LogP contribution < -0.4 is 4.74 Å². The van der Waals surface area contributed by atoms with Gasteiger partial charge in [0.25, 0.3) is 0 Å². The molecule has 0 atom stereocenters. The molecule has 1 fully saturated rings. The summed E-state index contributed by atoms with van der Waals surface area (Å²) in [6.07, 6.45) is 2.80. The molecule has 0 N–H and O–H groups in total. The molecule has 3 nitrogen and oxygen atoms in total. The number of esters is 1. The van der Waals surface area contributed by atoms with Crippen LogP contribution in [0.5, 0.6) is 5.75 Å². The SMILES string of the molecule is CC(=O)Cc1ccc(OC(=O)c2ccc3cc(C4(c5ccc6c(c5)C(C)(C)CCC6(C)C)SCCS4)ccc3c2)cc1. The van der Waals surface area contributed by atoms with Gasteiger partial charge in [-0.1, -0.05) is 76.2 Å². The topological polar surface area (TPSA) is 43.4 Å². The lowest BCUT2D eigenvalue weighted by Gasteiger charge is -2.43. The fourth-order valence-electron chi connectivity index (χ4n) is 6.41. The average Bonchev–Trinajstić information content (AvgIpc) is 3.47. The summed E-state index contributed by atoms with van der Waals surface area (Å²) < 4.78 is 5.49. The molecule has 216 valence electrons. The van der Waals surface area contributed by atoms with Crippen molar-refractivity contribution < 1.29 is 14.3 Å². The first-order valence-electron chi connectivity index (χ1n) is 14.8. The molecule has 0 saturated carbocycles. The summed E-state index contributed by atoms with van der Waals surface area (Å²) >= 11 is 4.08. The van der Waals surface area contributed by atoms with Gasteiger partial charge in [-0.15, -0.1) is 23.5 Å². The van der Waals surface area contributed by atoms with E-state index in [0.717, 1.165) is 27.8 Å². The van der Waals surface area contributed by atoms with Crippen molar-refractivity contribution in [3.05, 3.63) is 112 Å². The molecule has 0 bridgehead atoms. The van der Waals surface area contributed by atoms with E-state index in [0.29, 0.717) is 17.7 Å². The van der Waals surface area contributed by atoms with Crippen LogP contribution >= 0.6 is 23.5 Å². The maximum atomic E-state index is 13.0. The molecule has 0 radical (unpaired) electrons. The zero-order valence-electron chi connectivity index (χ0n) is 25.1. The molecule has 1 saturated heterocycles. The van der Waals surface area contributed by atoms with Crippen molar-refractivity contribution in [1.82, 2.24) is 0 Å². The van der Waals surface area contributed by atoms with Crippen molar-refractivity contribution >= 4 is 46.0 Å². The third-order valence-corrected chi connectivity index (χ3v) is 12.5. The second-order valence-electron chi connectivity index (χ2n) is 13.0. The molecule has 5 heteroatoms. The van der Waals surface area contributed by atoms with Gasteiger partial charge in [-0.25, -0.2) is 4.79 Å². The molecular formula is C37H38O3S2. The van der Waals surface area contributed by atoms with Crippen molar-refractivity contribution in [2.24, 2.45) is 0 Å². The summed E-state index contributed by atoms with van der Waals surface area (Å²) in [6, 6.07) is 26.9. The van der Waals surface area contributed by atoms with Crippen LogP contribution in [0.15, 0.2) is 78.9 Å². The molecule has 4 aromatic rings. The second kappa shape index (κ2) is 10.9. The number of thioether (sulfide) groups is 2. The number of carbonyl (C=O) groups excluding carboxylic acids is 2. The fraction of sp³-hybridized carbons (Fsp3) is 0.351. The maximum Gasteiger partial charge on any atom is 0.343 e. The standard InChI is InChI=1S/C37H38O3S2/c1-24(38)20-25-6-13-31(14-7-25)40-34(39)28-9-8-27-22-29(11-10-26(27)21-28)37(41-18-19-42-37)30-12-15-32-33(23-30)36(4,5)17-16-35(32,2)3/h6-15,21-23H,16-20H2,1-5H3. The number of ketones is 1. The van der Waals surface area contributed by atoms with E-state index >= 15 is 0 Å². The van der Waals surface area contributed by atoms with E-state index in [2.05, 4.69) is 64.1 Å². The van der Waals surface area contributed by atoms with Gasteiger partial charge in [-0.05, 0) is 99.5 Å². The zero-order valence-corrected chi connectivity index (χ0v) is 26.7. The summed E-state index contributed by atoms with van der Waals surface area (Å²) in [5.41, 5.74) is 7.47. The molecule has 0 amide bonds. The molecule has 0 aromatic heterocycles. The highest BCUT2D eigenvalue weighted by Gasteiger charge is 2.43. The molecule has 0 unspecified atom stereocenters. The summed E-state index contributed by atoms with van der Waals surface area (Å²) in [5, 5.41) is 2.13. The van der Waals surface area contributed by atoms with E-state index in [1.54, 1.807) is 19.1 Å². The Labute approximate surface area is 257 Å². The highest BCUT2D eigenvalue weighted by atomic mass is 32.2. The summed E-state index contributed by atoms with van der Waals surface area (Å²) in [5.74, 6) is 2.42. The lowest BCUT2D eigenvalue weighted by Crippen LogP contribution is -2.34. The van der Waals surface area contributed by atoms with Crippen molar-refractivity contribution in [2.45, 2.75) is 68.8 Å². The average molecular weight is 595 g/mol. The maximum absolute atomic E-state index is 13.0. The molecule has 42 heavy (non-hydrogen) atoms. The Bertz CT molecular complexity index is 1680. The molecular weight excluding hydrogens is 557 g/mol. The highest BCUT2D eigenvalue weighted by Crippen LogP contribution is 2.58. The lowest BCUT2D eigenvalue weighted by atomic mass is 9.63.